The van der Waals surface area contributed by atoms with Crippen LogP contribution in [0.5, 0.6) is 0 Å². The number of nitrogens with two attached hydrogens (primary N) is 1. The highest BCUT2D eigenvalue weighted by molar-refractivity contribution is 5.94. The van der Waals surface area contributed by atoms with E-state index < -0.39 is 22.8 Å². The van der Waals surface area contributed by atoms with Gasteiger partial charge in [0, 0.05) is 17.8 Å². The Morgan fingerprint density at radius 2 is 2.05 bits per heavy atom. The summed E-state index contributed by atoms with van der Waals surface area (Å²) in [4.78, 5) is 33.0. The van der Waals surface area contributed by atoms with Crippen molar-refractivity contribution in [1.29, 1.82) is 0 Å². The Morgan fingerprint density at radius 1 is 1.41 bits per heavy atom. The zero-order valence-corrected chi connectivity index (χ0v) is 12.2. The normalized spacial score (nSPS) is 12.0. The topological polar surface area (TPSA) is 148 Å². The molecule has 1 aromatic carbocycles. The molecular weight excluding hydrogens is 292 g/mol. The molecule has 1 rings (SSSR count). The third kappa shape index (κ3) is 5.02. The van der Waals surface area contributed by atoms with Gasteiger partial charge in [0.25, 0.3) is 5.69 Å². The molecule has 5 N–H and O–H groups in total. The van der Waals surface area contributed by atoms with Crippen molar-refractivity contribution in [2.75, 3.05) is 11.1 Å². The van der Waals surface area contributed by atoms with E-state index in [1.54, 1.807) is 13.8 Å². The highest BCUT2D eigenvalue weighted by atomic mass is 16.6. The van der Waals surface area contributed by atoms with Gasteiger partial charge in [-0.2, -0.15) is 0 Å². The van der Waals surface area contributed by atoms with Crippen molar-refractivity contribution in [1.82, 2.24) is 5.32 Å². The molecule has 1 atom stereocenters. The van der Waals surface area contributed by atoms with Gasteiger partial charge in [0.05, 0.1) is 11.3 Å². The number of carboxylic acid groups (broad SMARTS) is 1. The quantitative estimate of drug-likeness (QED) is 0.333. The van der Waals surface area contributed by atoms with E-state index in [1.165, 1.54) is 12.1 Å². The van der Waals surface area contributed by atoms with E-state index in [2.05, 4.69) is 10.6 Å². The van der Waals surface area contributed by atoms with Crippen LogP contribution in [0.3, 0.4) is 0 Å². The molecule has 0 spiro atoms. The summed E-state index contributed by atoms with van der Waals surface area (Å²) in [5.74, 6) is -1.72. The Labute approximate surface area is 126 Å². The molecule has 0 saturated heterocycles. The molecule has 0 radical (unpaired) electrons. The molecule has 0 fully saturated rings. The molecule has 0 aliphatic carbocycles. The SMILES string of the molecule is CC(C)N[C@H](CC(=O)Nc1ccc(N)c([N+](=O)[O-])c1)C(=O)O. The van der Waals surface area contributed by atoms with E-state index in [0.29, 0.717) is 0 Å². The summed E-state index contributed by atoms with van der Waals surface area (Å²) in [6, 6.07) is 2.69. The van der Waals surface area contributed by atoms with E-state index in [9.17, 15) is 19.7 Å². The summed E-state index contributed by atoms with van der Waals surface area (Å²) in [7, 11) is 0. The molecular formula is C13H18N4O5. The third-order valence-electron chi connectivity index (χ3n) is 2.73. The van der Waals surface area contributed by atoms with Crippen LogP contribution in [0.15, 0.2) is 18.2 Å². The lowest BCUT2D eigenvalue weighted by molar-refractivity contribution is -0.383. The van der Waals surface area contributed by atoms with Crippen molar-refractivity contribution >= 4 is 28.9 Å². The monoisotopic (exact) mass is 310 g/mol. The Hall–Kier alpha value is -2.68. The zero-order valence-electron chi connectivity index (χ0n) is 12.2. The number of carbonyl (C=O) groups is 2. The molecule has 0 heterocycles. The Morgan fingerprint density at radius 3 is 2.55 bits per heavy atom. The molecule has 120 valence electrons. The third-order valence-corrected chi connectivity index (χ3v) is 2.73. The number of amides is 1. The van der Waals surface area contributed by atoms with Crippen molar-refractivity contribution in [3.05, 3.63) is 28.3 Å². The van der Waals surface area contributed by atoms with Crippen LogP contribution in [0.2, 0.25) is 0 Å². The average Bonchev–Trinajstić information content (AvgIpc) is 2.39. The predicted octanol–water partition coefficient (Wildman–Crippen LogP) is 0.957. The van der Waals surface area contributed by atoms with Crippen LogP contribution in [0.1, 0.15) is 20.3 Å². The first kappa shape index (κ1) is 17.4. The van der Waals surface area contributed by atoms with Crippen molar-refractivity contribution in [2.24, 2.45) is 0 Å². The molecule has 1 aromatic rings. The maximum absolute atomic E-state index is 11.9. The number of carboxylic acids is 1. The zero-order chi connectivity index (χ0) is 16.9. The smallest absolute Gasteiger partial charge is 0.321 e. The van der Waals surface area contributed by atoms with Gasteiger partial charge < -0.3 is 21.5 Å². The summed E-state index contributed by atoms with van der Waals surface area (Å²) in [5, 5.41) is 25.0. The summed E-state index contributed by atoms with van der Waals surface area (Å²) in [6.45, 7) is 3.52. The first-order valence-electron chi connectivity index (χ1n) is 6.53. The number of carbonyl (C=O) groups excluding carboxylic acids is 1. The van der Waals surface area contributed by atoms with Crippen LogP contribution >= 0.6 is 0 Å². The Bertz CT molecular complexity index is 588. The first-order valence-corrected chi connectivity index (χ1v) is 6.53. The van der Waals surface area contributed by atoms with Crippen LogP contribution in [-0.2, 0) is 9.59 Å². The van der Waals surface area contributed by atoms with Crippen LogP contribution in [0.25, 0.3) is 0 Å². The molecule has 0 unspecified atom stereocenters. The predicted molar refractivity (Wildman–Crippen MR) is 80.5 cm³/mol. The van der Waals surface area contributed by atoms with Gasteiger partial charge in [-0.3, -0.25) is 19.7 Å². The molecule has 0 aliphatic rings. The maximum Gasteiger partial charge on any atom is 0.321 e. The highest BCUT2D eigenvalue weighted by Crippen LogP contribution is 2.25. The van der Waals surface area contributed by atoms with Gasteiger partial charge in [0.2, 0.25) is 5.91 Å². The number of hydrogen-bond donors (Lipinski definition) is 4. The van der Waals surface area contributed by atoms with Gasteiger partial charge in [-0.25, -0.2) is 0 Å². The molecule has 9 nitrogen and oxygen atoms in total. The maximum atomic E-state index is 11.9. The van der Waals surface area contributed by atoms with E-state index in [0.717, 1.165) is 6.07 Å². The average molecular weight is 310 g/mol. The van der Waals surface area contributed by atoms with Gasteiger partial charge in [0.15, 0.2) is 0 Å². The van der Waals surface area contributed by atoms with Gasteiger partial charge >= 0.3 is 5.97 Å². The number of nitro groups is 1. The van der Waals surface area contributed by atoms with Crippen LogP contribution < -0.4 is 16.4 Å². The summed E-state index contributed by atoms with van der Waals surface area (Å²) < 4.78 is 0. The number of nitrogens with zero attached hydrogens (tertiary/aromatic N) is 1. The number of hydrogen-bond acceptors (Lipinski definition) is 6. The minimum atomic E-state index is -1.15. The summed E-state index contributed by atoms with van der Waals surface area (Å²) in [6.07, 6.45) is -0.300. The van der Waals surface area contributed by atoms with E-state index in [4.69, 9.17) is 10.8 Å². The van der Waals surface area contributed by atoms with Crippen LogP contribution in [0, 0.1) is 10.1 Å². The molecule has 0 saturated carbocycles. The van der Waals surface area contributed by atoms with Gasteiger partial charge in [0.1, 0.15) is 11.7 Å². The number of nitro benzene ring substituents is 1. The van der Waals surface area contributed by atoms with E-state index in [-0.39, 0.29) is 29.5 Å². The number of benzene rings is 1. The van der Waals surface area contributed by atoms with Crippen molar-refractivity contribution < 1.29 is 19.6 Å². The number of rotatable bonds is 7. The molecule has 9 heteroatoms. The van der Waals surface area contributed by atoms with Crippen molar-refractivity contribution in [3.8, 4) is 0 Å². The Kier molecular flexibility index (Phi) is 5.81. The van der Waals surface area contributed by atoms with Crippen molar-refractivity contribution in [2.45, 2.75) is 32.4 Å². The van der Waals surface area contributed by atoms with Crippen LogP contribution in [0.4, 0.5) is 17.1 Å². The number of anilines is 2. The fraction of sp³-hybridized carbons (Fsp3) is 0.385. The van der Waals surface area contributed by atoms with Crippen molar-refractivity contribution in [3.63, 3.8) is 0 Å². The summed E-state index contributed by atoms with van der Waals surface area (Å²) >= 11 is 0. The second kappa shape index (κ2) is 7.36. The van der Waals surface area contributed by atoms with E-state index >= 15 is 0 Å². The minimum Gasteiger partial charge on any atom is -0.480 e. The molecule has 22 heavy (non-hydrogen) atoms. The Balaban J connectivity index is 2.78. The molecule has 1 amide bonds. The second-order valence-corrected chi connectivity index (χ2v) is 5.00. The fourth-order valence-corrected chi connectivity index (χ4v) is 1.80. The number of nitrogens with one attached hydrogen (secondary N) is 2. The second-order valence-electron chi connectivity index (χ2n) is 5.00. The van der Waals surface area contributed by atoms with E-state index in [1.807, 2.05) is 0 Å². The fourth-order valence-electron chi connectivity index (χ4n) is 1.80. The standard InChI is InChI=1S/C13H18N4O5/c1-7(2)15-10(13(19)20)6-12(18)16-8-3-4-9(14)11(5-8)17(21)22/h3-5,7,10,15H,6,14H2,1-2H3,(H,16,18)(H,19,20)/t10-/m1/s1. The lowest BCUT2D eigenvalue weighted by atomic mass is 10.1. The number of nitrogen functional groups attached to an aromatic ring is 1. The van der Waals surface area contributed by atoms with Gasteiger partial charge in [-0.1, -0.05) is 13.8 Å². The van der Waals surface area contributed by atoms with Crippen LogP contribution in [-0.4, -0.2) is 34.0 Å². The number of aliphatic carboxylic acids is 1. The first-order chi connectivity index (χ1) is 10.2. The van der Waals surface area contributed by atoms with Gasteiger partial charge in [-0.15, -0.1) is 0 Å². The molecule has 0 aromatic heterocycles. The lowest BCUT2D eigenvalue weighted by Gasteiger charge is -2.16. The lowest BCUT2D eigenvalue weighted by Crippen LogP contribution is -2.43. The minimum absolute atomic E-state index is 0.0205. The summed E-state index contributed by atoms with van der Waals surface area (Å²) in [5.41, 5.74) is 5.29. The van der Waals surface area contributed by atoms with Gasteiger partial charge in [-0.05, 0) is 12.1 Å². The highest BCUT2D eigenvalue weighted by Gasteiger charge is 2.22. The molecule has 0 aliphatic heterocycles. The molecule has 0 bridgehead atoms. The largest absolute Gasteiger partial charge is 0.480 e.